The second kappa shape index (κ2) is 4.91. The predicted molar refractivity (Wildman–Crippen MR) is 77.7 cm³/mol. The maximum Gasteiger partial charge on any atom is 0.236 e. The first-order valence-corrected chi connectivity index (χ1v) is 7.03. The second-order valence-corrected chi connectivity index (χ2v) is 5.68. The Balaban J connectivity index is 1.98. The minimum atomic E-state index is -0.745. The van der Waals surface area contributed by atoms with Crippen LogP contribution in [0.25, 0.3) is 0 Å². The molecule has 0 aliphatic carbocycles. The van der Waals surface area contributed by atoms with E-state index in [4.69, 9.17) is 4.74 Å². The summed E-state index contributed by atoms with van der Waals surface area (Å²) in [6, 6.07) is 7.58. The normalized spacial score (nSPS) is 29.7. The first-order chi connectivity index (χ1) is 10.0. The molecule has 5 nitrogen and oxygen atoms in total. The second-order valence-electron chi connectivity index (χ2n) is 5.68. The Morgan fingerprint density at radius 1 is 1.57 bits per heavy atom. The Bertz CT molecular complexity index is 613. The Labute approximate surface area is 123 Å². The zero-order valence-corrected chi connectivity index (χ0v) is 11.9. The van der Waals surface area contributed by atoms with E-state index in [1.807, 2.05) is 31.2 Å². The number of benzene rings is 1. The van der Waals surface area contributed by atoms with E-state index in [1.54, 1.807) is 6.08 Å². The van der Waals surface area contributed by atoms with Gasteiger partial charge in [0.1, 0.15) is 11.7 Å². The average molecular weight is 286 g/mol. The number of ether oxygens (including phenoxy) is 1. The molecule has 2 amide bonds. The molecule has 1 aromatic carbocycles. The fraction of sp³-hybridized carbons (Fsp3) is 0.375. The van der Waals surface area contributed by atoms with Gasteiger partial charge in [0.15, 0.2) is 5.72 Å². The summed E-state index contributed by atoms with van der Waals surface area (Å²) in [4.78, 5) is 24.7. The monoisotopic (exact) mass is 286 g/mol. The van der Waals surface area contributed by atoms with Crippen LogP contribution >= 0.6 is 0 Å². The number of fused-ring (bicyclic) bond motifs is 4. The molecule has 0 radical (unpaired) electrons. The highest BCUT2D eigenvalue weighted by Crippen LogP contribution is 2.46. The van der Waals surface area contributed by atoms with Gasteiger partial charge in [-0.05, 0) is 18.6 Å². The van der Waals surface area contributed by atoms with Crippen LogP contribution in [0.2, 0.25) is 0 Å². The van der Waals surface area contributed by atoms with Gasteiger partial charge in [-0.15, -0.1) is 6.58 Å². The standard InChI is InChI=1S/C16H18N2O3/c1-3-8-17-14(19)13-11-9-16(2,18-15(13)20)21-12-7-5-4-6-10(11)12/h3-7,11,13H,1,8-9H2,2H3,(H,17,19)(H,18,20)/t11-,13?,16+/m0/s1. The lowest BCUT2D eigenvalue weighted by Crippen LogP contribution is -2.62. The van der Waals surface area contributed by atoms with Crippen molar-refractivity contribution in [3.8, 4) is 5.75 Å². The maximum atomic E-state index is 12.3. The minimum Gasteiger partial charge on any atom is -0.468 e. The molecule has 1 aromatic rings. The first-order valence-electron chi connectivity index (χ1n) is 7.03. The lowest BCUT2D eigenvalue weighted by molar-refractivity contribution is -0.147. The Morgan fingerprint density at radius 2 is 2.33 bits per heavy atom. The summed E-state index contributed by atoms with van der Waals surface area (Å²) in [5.41, 5.74) is 0.175. The smallest absolute Gasteiger partial charge is 0.236 e. The molecule has 0 aromatic heterocycles. The van der Waals surface area contributed by atoms with Crippen LogP contribution in [-0.4, -0.2) is 24.1 Å². The number of piperidine rings is 1. The largest absolute Gasteiger partial charge is 0.468 e. The molecule has 2 bridgehead atoms. The van der Waals surface area contributed by atoms with E-state index in [2.05, 4.69) is 17.2 Å². The summed E-state index contributed by atoms with van der Waals surface area (Å²) >= 11 is 0. The van der Waals surface area contributed by atoms with E-state index in [0.29, 0.717) is 13.0 Å². The van der Waals surface area contributed by atoms with E-state index < -0.39 is 11.6 Å². The van der Waals surface area contributed by atoms with Crippen molar-refractivity contribution >= 4 is 11.8 Å². The van der Waals surface area contributed by atoms with Crippen molar-refractivity contribution in [1.82, 2.24) is 10.6 Å². The highest BCUT2D eigenvalue weighted by atomic mass is 16.5. The average Bonchev–Trinajstić information content (AvgIpc) is 2.43. The molecule has 2 heterocycles. The molecule has 1 saturated heterocycles. The quantitative estimate of drug-likeness (QED) is 0.650. The first kappa shape index (κ1) is 13.7. The van der Waals surface area contributed by atoms with Crippen molar-refractivity contribution in [2.24, 2.45) is 5.92 Å². The van der Waals surface area contributed by atoms with E-state index in [1.165, 1.54) is 0 Å². The zero-order chi connectivity index (χ0) is 15.0. The third-order valence-corrected chi connectivity index (χ3v) is 4.04. The number of carbonyl (C=O) groups excluding carboxylic acids is 2. The summed E-state index contributed by atoms with van der Waals surface area (Å²) in [6.07, 6.45) is 2.18. The molecule has 110 valence electrons. The zero-order valence-electron chi connectivity index (χ0n) is 11.9. The Morgan fingerprint density at radius 3 is 3.10 bits per heavy atom. The molecule has 2 aliphatic heterocycles. The van der Waals surface area contributed by atoms with Crippen molar-refractivity contribution in [3.63, 3.8) is 0 Å². The van der Waals surface area contributed by atoms with Crippen molar-refractivity contribution in [3.05, 3.63) is 42.5 Å². The summed E-state index contributed by atoms with van der Waals surface area (Å²) in [5, 5.41) is 5.54. The number of hydrogen-bond acceptors (Lipinski definition) is 3. The van der Waals surface area contributed by atoms with Gasteiger partial charge in [0, 0.05) is 18.9 Å². The predicted octanol–water partition coefficient (Wildman–Crippen LogP) is 1.32. The van der Waals surface area contributed by atoms with Crippen molar-refractivity contribution < 1.29 is 14.3 Å². The van der Waals surface area contributed by atoms with Gasteiger partial charge in [-0.3, -0.25) is 9.59 Å². The fourth-order valence-corrected chi connectivity index (χ4v) is 3.17. The number of nitrogens with one attached hydrogen (secondary N) is 2. The molecule has 3 atom stereocenters. The highest BCUT2D eigenvalue weighted by Gasteiger charge is 2.51. The highest BCUT2D eigenvalue weighted by molar-refractivity contribution is 6.02. The third kappa shape index (κ3) is 2.28. The molecule has 2 aliphatic rings. The van der Waals surface area contributed by atoms with Gasteiger partial charge < -0.3 is 15.4 Å². The molecule has 5 heteroatoms. The van der Waals surface area contributed by atoms with E-state index >= 15 is 0 Å². The lowest BCUT2D eigenvalue weighted by atomic mass is 9.74. The van der Waals surface area contributed by atoms with Gasteiger partial charge in [-0.1, -0.05) is 24.3 Å². The van der Waals surface area contributed by atoms with Crippen LogP contribution in [0.15, 0.2) is 36.9 Å². The number of hydrogen-bond donors (Lipinski definition) is 2. The molecule has 1 unspecified atom stereocenters. The molecular formula is C16H18N2O3. The van der Waals surface area contributed by atoms with Gasteiger partial charge in [-0.25, -0.2) is 0 Å². The van der Waals surface area contributed by atoms with Crippen LogP contribution in [0.3, 0.4) is 0 Å². The van der Waals surface area contributed by atoms with Gasteiger partial charge in [0.2, 0.25) is 11.8 Å². The number of para-hydroxylation sites is 1. The fourth-order valence-electron chi connectivity index (χ4n) is 3.17. The Hall–Kier alpha value is -2.30. The summed E-state index contributed by atoms with van der Waals surface area (Å²) in [7, 11) is 0. The van der Waals surface area contributed by atoms with Gasteiger partial charge in [0.25, 0.3) is 0 Å². The number of amides is 2. The molecule has 21 heavy (non-hydrogen) atoms. The van der Waals surface area contributed by atoms with E-state index in [-0.39, 0.29) is 17.7 Å². The SMILES string of the molecule is C=CCNC(=O)C1C(=O)N[C@@]2(C)C[C@H]1c1ccccc1O2. The van der Waals surface area contributed by atoms with Crippen molar-refractivity contribution in [2.45, 2.75) is 25.0 Å². The van der Waals surface area contributed by atoms with Crippen LogP contribution in [0.4, 0.5) is 0 Å². The topological polar surface area (TPSA) is 67.4 Å². The van der Waals surface area contributed by atoms with Crippen LogP contribution < -0.4 is 15.4 Å². The van der Waals surface area contributed by atoms with Crippen molar-refractivity contribution in [2.75, 3.05) is 6.54 Å². The molecule has 1 fully saturated rings. The van der Waals surface area contributed by atoms with Crippen LogP contribution in [0, 0.1) is 5.92 Å². The van der Waals surface area contributed by atoms with Gasteiger partial charge >= 0.3 is 0 Å². The van der Waals surface area contributed by atoms with Crippen LogP contribution in [0.1, 0.15) is 24.8 Å². The third-order valence-electron chi connectivity index (χ3n) is 4.04. The molecule has 2 N–H and O–H groups in total. The lowest BCUT2D eigenvalue weighted by Gasteiger charge is -2.46. The molecule has 0 spiro atoms. The maximum absolute atomic E-state index is 12.3. The molecule has 3 rings (SSSR count). The summed E-state index contributed by atoms with van der Waals surface area (Å²) < 4.78 is 5.89. The molecule has 0 saturated carbocycles. The summed E-state index contributed by atoms with van der Waals surface area (Å²) in [6.45, 7) is 5.76. The van der Waals surface area contributed by atoms with E-state index in [9.17, 15) is 9.59 Å². The van der Waals surface area contributed by atoms with Crippen molar-refractivity contribution in [1.29, 1.82) is 0 Å². The summed E-state index contributed by atoms with van der Waals surface area (Å²) in [5.74, 6) is -0.722. The molecular weight excluding hydrogens is 268 g/mol. The number of rotatable bonds is 3. The van der Waals surface area contributed by atoms with E-state index in [0.717, 1.165) is 11.3 Å². The van der Waals surface area contributed by atoms with Gasteiger partial charge in [0.05, 0.1) is 0 Å². The van der Waals surface area contributed by atoms with Gasteiger partial charge in [-0.2, -0.15) is 0 Å². The van der Waals surface area contributed by atoms with Crippen LogP contribution in [0.5, 0.6) is 5.75 Å². The number of carbonyl (C=O) groups is 2. The minimum absolute atomic E-state index is 0.168. The Kier molecular flexibility index (Phi) is 3.20. The van der Waals surface area contributed by atoms with Crippen LogP contribution in [-0.2, 0) is 9.59 Å².